The number of nitrogens with zero attached hydrogens (tertiary/aromatic N) is 2. The third-order valence-electron chi connectivity index (χ3n) is 2.26. The Morgan fingerprint density at radius 2 is 2.17 bits per heavy atom. The van der Waals surface area contributed by atoms with E-state index >= 15 is 0 Å². The van der Waals surface area contributed by atoms with Gasteiger partial charge in [-0.3, -0.25) is 0 Å². The molecule has 0 aliphatic rings. The van der Waals surface area contributed by atoms with Crippen LogP contribution < -0.4 is 10.6 Å². The van der Waals surface area contributed by atoms with E-state index in [0.29, 0.717) is 5.95 Å². The summed E-state index contributed by atoms with van der Waals surface area (Å²) in [4.78, 5) is 9.80. The Hall–Kier alpha value is -0.660. The minimum atomic E-state index is 0.611. The first-order valence-electron chi connectivity index (χ1n) is 5.37. The number of thiophene rings is 1. The van der Waals surface area contributed by atoms with Gasteiger partial charge in [-0.25, -0.2) is 4.98 Å². The number of nitrogens with one attached hydrogen (secondary N) is 2. The van der Waals surface area contributed by atoms with E-state index < -0.39 is 0 Å². The molecule has 96 valence electrons. The average Bonchev–Trinajstić information content (AvgIpc) is 2.77. The standard InChI is InChI=1S/C11H12Br2N4S/c1-14-11-16-6-8(12)10(17-11)15-5-4-7-2-3-9(13)18-7/h2-3,6H,4-5H2,1H3,(H2,14,15,16,17). The molecule has 2 aromatic rings. The molecule has 2 N–H and O–H groups in total. The highest BCUT2D eigenvalue weighted by Crippen LogP contribution is 2.23. The molecule has 2 heterocycles. The van der Waals surface area contributed by atoms with E-state index in [0.717, 1.165) is 27.0 Å². The Labute approximate surface area is 126 Å². The molecule has 0 saturated heterocycles. The number of hydrogen-bond acceptors (Lipinski definition) is 5. The molecule has 0 atom stereocenters. The number of halogens is 2. The molecule has 0 radical (unpaired) electrons. The summed E-state index contributed by atoms with van der Waals surface area (Å²) >= 11 is 8.65. The highest BCUT2D eigenvalue weighted by Gasteiger charge is 2.04. The number of hydrogen-bond donors (Lipinski definition) is 2. The van der Waals surface area contributed by atoms with Gasteiger partial charge in [0.25, 0.3) is 0 Å². The van der Waals surface area contributed by atoms with Gasteiger partial charge in [0, 0.05) is 24.7 Å². The summed E-state index contributed by atoms with van der Waals surface area (Å²) in [6, 6.07) is 4.20. The number of aromatic nitrogens is 2. The van der Waals surface area contributed by atoms with E-state index in [4.69, 9.17) is 0 Å². The minimum Gasteiger partial charge on any atom is -0.369 e. The maximum absolute atomic E-state index is 4.34. The van der Waals surface area contributed by atoms with Crippen LogP contribution >= 0.6 is 43.2 Å². The molecule has 0 fully saturated rings. The molecule has 0 aliphatic heterocycles. The smallest absolute Gasteiger partial charge is 0.224 e. The molecule has 0 spiro atoms. The predicted octanol–water partition coefficient (Wildman–Crippen LogP) is 3.76. The fourth-order valence-electron chi connectivity index (χ4n) is 1.40. The molecule has 0 unspecified atom stereocenters. The third-order valence-corrected chi connectivity index (χ3v) is 4.52. The summed E-state index contributed by atoms with van der Waals surface area (Å²) in [5, 5.41) is 6.22. The fourth-order valence-corrected chi connectivity index (χ4v) is 3.22. The Morgan fingerprint density at radius 1 is 1.33 bits per heavy atom. The maximum Gasteiger partial charge on any atom is 0.224 e. The Morgan fingerprint density at radius 3 is 2.83 bits per heavy atom. The second-order valence-corrected chi connectivity index (χ2v) is 6.92. The monoisotopic (exact) mass is 390 g/mol. The van der Waals surface area contributed by atoms with Crippen LogP contribution in [0.4, 0.5) is 11.8 Å². The van der Waals surface area contributed by atoms with Gasteiger partial charge < -0.3 is 10.6 Å². The van der Waals surface area contributed by atoms with Crippen molar-refractivity contribution in [2.24, 2.45) is 0 Å². The molecular formula is C11H12Br2N4S. The van der Waals surface area contributed by atoms with Crippen LogP contribution in [0.25, 0.3) is 0 Å². The second-order valence-electron chi connectivity index (χ2n) is 3.52. The first-order chi connectivity index (χ1) is 8.69. The lowest BCUT2D eigenvalue weighted by Crippen LogP contribution is -2.08. The molecule has 2 rings (SSSR count). The van der Waals surface area contributed by atoms with E-state index in [1.807, 2.05) is 0 Å². The summed E-state index contributed by atoms with van der Waals surface area (Å²) in [6.45, 7) is 0.839. The van der Waals surface area contributed by atoms with Crippen molar-refractivity contribution >= 4 is 55.0 Å². The molecule has 2 aromatic heterocycles. The van der Waals surface area contributed by atoms with Crippen molar-refractivity contribution < 1.29 is 0 Å². The van der Waals surface area contributed by atoms with Crippen molar-refractivity contribution in [2.75, 3.05) is 24.2 Å². The first kappa shape index (κ1) is 13.8. The molecule has 0 bridgehead atoms. The van der Waals surface area contributed by atoms with Crippen LogP contribution in [0, 0.1) is 0 Å². The minimum absolute atomic E-state index is 0.611. The lowest BCUT2D eigenvalue weighted by molar-refractivity contribution is 1.01. The molecule has 18 heavy (non-hydrogen) atoms. The van der Waals surface area contributed by atoms with Crippen molar-refractivity contribution in [3.8, 4) is 0 Å². The average molecular weight is 392 g/mol. The number of anilines is 2. The third kappa shape index (κ3) is 3.66. The highest BCUT2D eigenvalue weighted by atomic mass is 79.9. The van der Waals surface area contributed by atoms with Gasteiger partial charge in [-0.05, 0) is 50.4 Å². The number of rotatable bonds is 5. The van der Waals surface area contributed by atoms with Crippen molar-refractivity contribution in [1.29, 1.82) is 0 Å². The topological polar surface area (TPSA) is 49.8 Å². The van der Waals surface area contributed by atoms with E-state index in [2.05, 4.69) is 64.6 Å². The van der Waals surface area contributed by atoms with Gasteiger partial charge in [0.05, 0.1) is 8.26 Å². The van der Waals surface area contributed by atoms with Crippen molar-refractivity contribution in [3.05, 3.63) is 31.5 Å². The zero-order chi connectivity index (χ0) is 13.0. The molecule has 0 amide bonds. The van der Waals surface area contributed by atoms with Crippen LogP contribution in [-0.2, 0) is 6.42 Å². The lowest BCUT2D eigenvalue weighted by Gasteiger charge is -2.08. The molecule has 4 nitrogen and oxygen atoms in total. The van der Waals surface area contributed by atoms with E-state index in [9.17, 15) is 0 Å². The summed E-state index contributed by atoms with van der Waals surface area (Å²) in [5.74, 6) is 1.42. The van der Waals surface area contributed by atoms with Gasteiger partial charge in [-0.1, -0.05) is 0 Å². The van der Waals surface area contributed by atoms with Crippen LogP contribution in [0.3, 0.4) is 0 Å². The summed E-state index contributed by atoms with van der Waals surface area (Å²) < 4.78 is 2.03. The first-order valence-corrected chi connectivity index (χ1v) is 7.77. The normalized spacial score (nSPS) is 10.4. The van der Waals surface area contributed by atoms with Gasteiger partial charge in [0.2, 0.25) is 5.95 Å². The Kier molecular flexibility index (Phi) is 4.96. The maximum atomic E-state index is 4.34. The van der Waals surface area contributed by atoms with Gasteiger partial charge in [0.1, 0.15) is 5.82 Å². The zero-order valence-corrected chi connectivity index (χ0v) is 13.7. The van der Waals surface area contributed by atoms with Crippen LogP contribution in [0.5, 0.6) is 0 Å². The van der Waals surface area contributed by atoms with E-state index in [-0.39, 0.29) is 0 Å². The Bertz CT molecular complexity index is 530. The van der Waals surface area contributed by atoms with Crippen LogP contribution in [0.1, 0.15) is 4.88 Å². The molecule has 0 aliphatic carbocycles. The van der Waals surface area contributed by atoms with Crippen molar-refractivity contribution in [2.45, 2.75) is 6.42 Å². The summed E-state index contributed by atoms with van der Waals surface area (Å²) in [5.41, 5.74) is 0. The van der Waals surface area contributed by atoms with Crippen LogP contribution in [0.2, 0.25) is 0 Å². The largest absolute Gasteiger partial charge is 0.369 e. The summed E-state index contributed by atoms with van der Waals surface area (Å²) in [7, 11) is 1.80. The van der Waals surface area contributed by atoms with Crippen molar-refractivity contribution in [1.82, 2.24) is 9.97 Å². The Balaban J connectivity index is 1.93. The fraction of sp³-hybridized carbons (Fsp3) is 0.273. The molecular weight excluding hydrogens is 380 g/mol. The van der Waals surface area contributed by atoms with E-state index in [1.54, 1.807) is 24.6 Å². The summed E-state index contributed by atoms with van der Waals surface area (Å²) in [6.07, 6.45) is 2.71. The second kappa shape index (κ2) is 6.49. The lowest BCUT2D eigenvalue weighted by atomic mass is 10.3. The van der Waals surface area contributed by atoms with Crippen LogP contribution in [0.15, 0.2) is 26.6 Å². The molecule has 0 aromatic carbocycles. The highest BCUT2D eigenvalue weighted by molar-refractivity contribution is 9.11. The zero-order valence-electron chi connectivity index (χ0n) is 9.70. The van der Waals surface area contributed by atoms with Crippen molar-refractivity contribution in [3.63, 3.8) is 0 Å². The van der Waals surface area contributed by atoms with Gasteiger partial charge >= 0.3 is 0 Å². The van der Waals surface area contributed by atoms with E-state index in [1.165, 1.54) is 4.88 Å². The van der Waals surface area contributed by atoms with Crippen LogP contribution in [-0.4, -0.2) is 23.6 Å². The van der Waals surface area contributed by atoms with Gasteiger partial charge in [0.15, 0.2) is 0 Å². The quantitative estimate of drug-likeness (QED) is 0.814. The SMILES string of the molecule is CNc1ncc(Br)c(NCCc2ccc(Br)s2)n1. The van der Waals surface area contributed by atoms with Gasteiger partial charge in [-0.15, -0.1) is 11.3 Å². The van der Waals surface area contributed by atoms with Gasteiger partial charge in [-0.2, -0.15) is 4.98 Å². The molecule has 0 saturated carbocycles. The molecule has 7 heteroatoms. The predicted molar refractivity (Wildman–Crippen MR) is 83.5 cm³/mol.